The number of imidazole rings is 1. The minimum absolute atomic E-state index is 0.104. The van der Waals surface area contributed by atoms with Gasteiger partial charge in [0, 0.05) is 49.8 Å². The Morgan fingerprint density at radius 1 is 1.39 bits per heavy atom. The van der Waals surface area contributed by atoms with E-state index in [1.54, 1.807) is 26.3 Å². The Bertz CT molecular complexity index is 1000. The van der Waals surface area contributed by atoms with Crippen LogP contribution in [0.25, 0.3) is 17.0 Å². The third-order valence-corrected chi connectivity index (χ3v) is 4.80. The molecular formula is C20H22N3O5+. The van der Waals surface area contributed by atoms with E-state index in [-0.39, 0.29) is 5.69 Å². The molecule has 1 aliphatic heterocycles. The van der Waals surface area contributed by atoms with Crippen molar-refractivity contribution in [2.45, 2.75) is 19.8 Å². The van der Waals surface area contributed by atoms with Gasteiger partial charge in [-0.2, -0.15) is 4.57 Å². The summed E-state index contributed by atoms with van der Waals surface area (Å²) in [5.41, 5.74) is 3.35. The molecule has 8 nitrogen and oxygen atoms in total. The number of aromatic amines is 1. The molecule has 0 spiro atoms. The number of benzene rings is 1. The van der Waals surface area contributed by atoms with Crippen LogP contribution >= 0.6 is 0 Å². The lowest BCUT2D eigenvalue weighted by atomic mass is 10.1. The number of nitrogens with one attached hydrogen (secondary N) is 1. The molecule has 4 rings (SSSR count). The summed E-state index contributed by atoms with van der Waals surface area (Å²) in [5.74, 6) is 0.759. The molecule has 0 radical (unpaired) electrons. The lowest BCUT2D eigenvalue weighted by Crippen LogP contribution is -2.40. The number of ether oxygens (including phenoxy) is 3. The van der Waals surface area contributed by atoms with Crippen molar-refractivity contribution >= 4 is 17.0 Å². The van der Waals surface area contributed by atoms with Crippen LogP contribution in [-0.2, 0) is 11.2 Å². The Balaban J connectivity index is 1.71. The van der Waals surface area contributed by atoms with E-state index in [2.05, 4.69) is 9.97 Å². The molecule has 0 unspecified atom stereocenters. The van der Waals surface area contributed by atoms with Crippen molar-refractivity contribution in [2.75, 3.05) is 26.9 Å². The summed E-state index contributed by atoms with van der Waals surface area (Å²) in [7, 11) is 1.63. The molecule has 0 saturated heterocycles. The molecule has 3 aromatic rings. The number of carbonyl (C=O) groups is 1. The normalized spacial score (nSPS) is 12.8. The van der Waals surface area contributed by atoms with E-state index < -0.39 is 5.97 Å². The predicted molar refractivity (Wildman–Crippen MR) is 101 cm³/mol. The monoisotopic (exact) mass is 384 g/mol. The van der Waals surface area contributed by atoms with E-state index in [9.17, 15) is 9.90 Å². The molecule has 1 aromatic carbocycles. The largest absolute Gasteiger partial charge is 0.493 e. The molecule has 2 N–H and O–H groups in total. The predicted octanol–water partition coefficient (Wildman–Crippen LogP) is 2.20. The van der Waals surface area contributed by atoms with Gasteiger partial charge < -0.3 is 19.3 Å². The van der Waals surface area contributed by atoms with Crippen LogP contribution in [0, 0.1) is 6.92 Å². The van der Waals surface area contributed by atoms with Crippen molar-refractivity contribution in [2.24, 2.45) is 0 Å². The summed E-state index contributed by atoms with van der Waals surface area (Å²) >= 11 is 0. The second-order valence-electron chi connectivity index (χ2n) is 6.66. The van der Waals surface area contributed by atoms with E-state index >= 15 is 0 Å². The van der Waals surface area contributed by atoms with Gasteiger partial charge in [0.05, 0.1) is 19.4 Å². The second-order valence-corrected chi connectivity index (χ2v) is 6.66. The Kier molecular flexibility index (Phi) is 4.87. The lowest BCUT2D eigenvalue weighted by molar-refractivity contribution is -0.606. The smallest absolute Gasteiger partial charge is 0.402 e. The minimum Gasteiger partial charge on any atom is -0.493 e. The maximum atomic E-state index is 12.0. The summed E-state index contributed by atoms with van der Waals surface area (Å²) in [5, 5.41) is 9.79. The Morgan fingerprint density at radius 2 is 2.25 bits per heavy atom. The third kappa shape index (κ3) is 3.27. The highest BCUT2D eigenvalue weighted by Gasteiger charge is 2.26. The van der Waals surface area contributed by atoms with Crippen molar-refractivity contribution in [1.29, 1.82) is 0 Å². The number of fused-ring (bicyclic) bond motifs is 2. The number of aromatic carboxylic acids is 1. The molecular weight excluding hydrogens is 362 g/mol. The van der Waals surface area contributed by atoms with Gasteiger partial charge in [-0.3, -0.25) is 0 Å². The number of H-pyrrole nitrogens is 1. The molecule has 8 heteroatoms. The van der Waals surface area contributed by atoms with Gasteiger partial charge in [0.15, 0.2) is 11.2 Å². The second kappa shape index (κ2) is 7.47. The molecule has 28 heavy (non-hydrogen) atoms. The molecule has 0 fully saturated rings. The first-order valence-electron chi connectivity index (χ1n) is 9.14. The number of hydrogen-bond donors (Lipinski definition) is 2. The summed E-state index contributed by atoms with van der Waals surface area (Å²) < 4.78 is 17.9. The first-order chi connectivity index (χ1) is 13.6. The fourth-order valence-corrected chi connectivity index (χ4v) is 3.40. The zero-order valence-corrected chi connectivity index (χ0v) is 15.8. The highest BCUT2D eigenvalue weighted by Crippen LogP contribution is 2.29. The van der Waals surface area contributed by atoms with Crippen LogP contribution in [0.5, 0.6) is 11.5 Å². The van der Waals surface area contributed by atoms with E-state index in [0.29, 0.717) is 37.1 Å². The van der Waals surface area contributed by atoms with Crippen LogP contribution in [0.4, 0.5) is 0 Å². The number of carboxylic acids is 1. The first kappa shape index (κ1) is 18.2. The maximum Gasteiger partial charge on any atom is 0.402 e. The standard InChI is InChI=1S/C20H21N3O5/c1-12-16(27-8-3-7-26-2)4-6-23(18(12)19(24)25)20-21-14-10-13-5-9-28-17(13)11-15(14)22-20/h4,6,10-11H,3,5,7-9H2,1-2H3,(H-,21,22,24,25)/p+1. The molecule has 0 saturated carbocycles. The van der Waals surface area contributed by atoms with Crippen LogP contribution in [0.1, 0.15) is 28.0 Å². The maximum absolute atomic E-state index is 12.0. The first-order valence-corrected chi connectivity index (χ1v) is 9.14. The zero-order valence-electron chi connectivity index (χ0n) is 15.8. The SMILES string of the molecule is COCCCOc1cc[n+](-c2nc3cc4c(cc3[nH]2)CCO4)c(C(=O)O)c1C. The van der Waals surface area contributed by atoms with Gasteiger partial charge in [0.2, 0.25) is 0 Å². The number of rotatable bonds is 7. The topological polar surface area (TPSA) is 97.5 Å². The molecule has 0 atom stereocenters. The quantitative estimate of drug-likeness (QED) is 0.479. The van der Waals surface area contributed by atoms with Gasteiger partial charge in [-0.15, -0.1) is 0 Å². The molecule has 3 heterocycles. The Labute approximate surface area is 161 Å². The van der Waals surface area contributed by atoms with E-state index in [1.807, 2.05) is 12.1 Å². The molecule has 0 amide bonds. The van der Waals surface area contributed by atoms with Gasteiger partial charge in [-0.25, -0.2) is 9.78 Å². The van der Waals surface area contributed by atoms with Crippen LogP contribution < -0.4 is 14.0 Å². The van der Waals surface area contributed by atoms with Gasteiger partial charge in [-0.05, 0) is 13.0 Å². The van der Waals surface area contributed by atoms with Crippen molar-refractivity contribution < 1.29 is 28.7 Å². The van der Waals surface area contributed by atoms with E-state index in [1.165, 1.54) is 4.57 Å². The van der Waals surface area contributed by atoms with Crippen LogP contribution in [0.15, 0.2) is 24.4 Å². The molecule has 146 valence electrons. The number of hydrogen-bond acceptors (Lipinski definition) is 5. The average molecular weight is 384 g/mol. The van der Waals surface area contributed by atoms with Crippen LogP contribution in [-0.4, -0.2) is 48.0 Å². The Hall–Kier alpha value is -3.13. The summed E-state index contributed by atoms with van der Waals surface area (Å²) in [6, 6.07) is 5.65. The molecule has 0 bridgehead atoms. The van der Waals surface area contributed by atoms with Crippen LogP contribution in [0.3, 0.4) is 0 Å². The third-order valence-electron chi connectivity index (χ3n) is 4.80. The fraction of sp³-hybridized carbons (Fsp3) is 0.350. The van der Waals surface area contributed by atoms with Crippen molar-refractivity contribution in [3.63, 3.8) is 0 Å². The van der Waals surface area contributed by atoms with Gasteiger partial charge >= 0.3 is 11.9 Å². The molecule has 2 aromatic heterocycles. The number of nitrogens with zero attached hydrogens (tertiary/aromatic N) is 2. The van der Waals surface area contributed by atoms with Crippen molar-refractivity contribution in [1.82, 2.24) is 9.97 Å². The minimum atomic E-state index is -1.05. The number of methoxy groups -OCH3 is 1. The molecule has 1 aliphatic rings. The lowest BCUT2D eigenvalue weighted by Gasteiger charge is -2.12. The van der Waals surface area contributed by atoms with Gasteiger partial charge in [0.25, 0.3) is 0 Å². The molecule has 0 aliphatic carbocycles. The number of aromatic nitrogens is 3. The van der Waals surface area contributed by atoms with Gasteiger partial charge in [-0.1, -0.05) is 4.98 Å². The van der Waals surface area contributed by atoms with E-state index in [4.69, 9.17) is 14.2 Å². The fourth-order valence-electron chi connectivity index (χ4n) is 3.40. The average Bonchev–Trinajstić information content (AvgIpc) is 3.29. The van der Waals surface area contributed by atoms with Crippen molar-refractivity contribution in [3.05, 3.63) is 41.2 Å². The number of carboxylic acid groups (broad SMARTS) is 1. The number of pyridine rings is 1. The van der Waals surface area contributed by atoms with Gasteiger partial charge in [0.1, 0.15) is 17.0 Å². The zero-order chi connectivity index (χ0) is 19.7. The summed E-state index contributed by atoms with van der Waals surface area (Å²) in [6.07, 6.45) is 3.24. The summed E-state index contributed by atoms with van der Waals surface area (Å²) in [4.78, 5) is 19.8. The van der Waals surface area contributed by atoms with Crippen LogP contribution in [0.2, 0.25) is 0 Å². The van der Waals surface area contributed by atoms with Crippen molar-refractivity contribution in [3.8, 4) is 17.4 Å². The highest BCUT2D eigenvalue weighted by molar-refractivity contribution is 5.86. The summed E-state index contributed by atoms with van der Waals surface area (Å²) in [6.45, 7) is 3.45. The highest BCUT2D eigenvalue weighted by atomic mass is 16.5. The Morgan fingerprint density at radius 3 is 3.04 bits per heavy atom. The van der Waals surface area contributed by atoms with E-state index in [0.717, 1.165) is 35.2 Å².